The number of nitrogens with zero attached hydrogens (tertiary/aromatic N) is 4. The molecule has 0 spiro atoms. The zero-order chi connectivity index (χ0) is 27.4. The topological polar surface area (TPSA) is 114 Å². The minimum atomic E-state index is -0.590. The van der Waals surface area contributed by atoms with E-state index in [4.69, 9.17) is 14.6 Å². The minimum absolute atomic E-state index is 0.0265. The van der Waals surface area contributed by atoms with Crippen LogP contribution in [0.1, 0.15) is 58.6 Å². The number of hydrogen-bond acceptors (Lipinski definition) is 7. The fraction of sp³-hybridized carbons (Fsp3) is 0.379. The molecule has 5 rings (SSSR count). The Morgan fingerprint density at radius 1 is 0.897 bits per heavy atom. The summed E-state index contributed by atoms with van der Waals surface area (Å²) >= 11 is 0. The lowest BCUT2D eigenvalue weighted by atomic mass is 10.0. The molecule has 3 aromatic rings. The first-order chi connectivity index (χ1) is 19.0. The molecule has 0 aliphatic carbocycles. The molecule has 204 valence electrons. The van der Waals surface area contributed by atoms with Gasteiger partial charge in [0.1, 0.15) is 11.4 Å². The van der Waals surface area contributed by atoms with E-state index >= 15 is 0 Å². The Labute approximate surface area is 226 Å². The molecule has 10 nitrogen and oxygen atoms in total. The summed E-state index contributed by atoms with van der Waals surface area (Å²) in [5.74, 6) is -0.0932. The number of rotatable bonds is 9. The molecule has 1 fully saturated rings. The first-order valence-corrected chi connectivity index (χ1v) is 13.3. The number of esters is 1. The molecule has 0 atom stereocenters. The summed E-state index contributed by atoms with van der Waals surface area (Å²) in [5, 5.41) is 13.5. The first kappa shape index (κ1) is 26.4. The SMILES string of the molecule is COc1ccc(-n2nc(C(=O)OCCCCO)c3c2C(=O)N(c2ccc(N4CCCCC4=O)cc2)CC3)cc1. The van der Waals surface area contributed by atoms with E-state index in [2.05, 4.69) is 5.10 Å². The molecule has 3 heterocycles. The number of fused-ring (bicyclic) bond motifs is 1. The summed E-state index contributed by atoms with van der Waals surface area (Å²) in [6.45, 7) is 1.26. The number of ether oxygens (including phenoxy) is 2. The van der Waals surface area contributed by atoms with Gasteiger partial charge in [-0.25, -0.2) is 9.48 Å². The number of carbonyl (C=O) groups excluding carboxylic acids is 3. The van der Waals surface area contributed by atoms with Crippen LogP contribution in [0.4, 0.5) is 11.4 Å². The number of piperidine rings is 1. The number of aliphatic hydroxyl groups excluding tert-OH is 1. The van der Waals surface area contributed by atoms with Gasteiger partial charge < -0.3 is 24.4 Å². The fourth-order valence-corrected chi connectivity index (χ4v) is 5.02. The van der Waals surface area contributed by atoms with E-state index in [0.29, 0.717) is 67.2 Å². The molecule has 1 saturated heterocycles. The number of methoxy groups -OCH3 is 1. The van der Waals surface area contributed by atoms with Crippen LogP contribution in [0.3, 0.4) is 0 Å². The summed E-state index contributed by atoms with van der Waals surface area (Å²) < 4.78 is 12.2. The van der Waals surface area contributed by atoms with Crippen LogP contribution >= 0.6 is 0 Å². The Hall–Kier alpha value is -4.18. The highest BCUT2D eigenvalue weighted by atomic mass is 16.5. The largest absolute Gasteiger partial charge is 0.497 e. The van der Waals surface area contributed by atoms with Crippen molar-refractivity contribution < 1.29 is 29.0 Å². The molecule has 0 bridgehead atoms. The molecular formula is C29H32N4O6. The smallest absolute Gasteiger partial charge is 0.359 e. The number of anilines is 2. The first-order valence-electron chi connectivity index (χ1n) is 13.3. The third kappa shape index (κ3) is 5.37. The van der Waals surface area contributed by atoms with Crippen LogP contribution in [0.25, 0.3) is 5.69 Å². The quantitative estimate of drug-likeness (QED) is 0.331. The van der Waals surface area contributed by atoms with Crippen LogP contribution in [-0.2, 0) is 16.0 Å². The summed E-state index contributed by atoms with van der Waals surface area (Å²) in [5.41, 5.74) is 3.12. The van der Waals surface area contributed by atoms with Gasteiger partial charge in [0.2, 0.25) is 5.91 Å². The normalized spacial score (nSPS) is 15.3. The highest BCUT2D eigenvalue weighted by Gasteiger charge is 2.35. The second-order valence-corrected chi connectivity index (χ2v) is 9.58. The van der Waals surface area contributed by atoms with Gasteiger partial charge >= 0.3 is 5.97 Å². The van der Waals surface area contributed by atoms with Crippen molar-refractivity contribution in [1.82, 2.24) is 9.78 Å². The average Bonchev–Trinajstić information content (AvgIpc) is 3.37. The average molecular weight is 533 g/mol. The lowest BCUT2D eigenvalue weighted by Crippen LogP contribution is -2.39. The van der Waals surface area contributed by atoms with Crippen LogP contribution in [0, 0.1) is 0 Å². The summed E-state index contributed by atoms with van der Waals surface area (Å²) in [6, 6.07) is 14.5. The maximum absolute atomic E-state index is 13.9. The van der Waals surface area contributed by atoms with Gasteiger partial charge in [0.15, 0.2) is 5.69 Å². The number of amides is 2. The molecule has 2 aromatic carbocycles. The van der Waals surface area contributed by atoms with E-state index in [9.17, 15) is 14.4 Å². The van der Waals surface area contributed by atoms with E-state index in [0.717, 1.165) is 18.5 Å². The molecule has 0 radical (unpaired) electrons. The fourth-order valence-electron chi connectivity index (χ4n) is 5.02. The van der Waals surface area contributed by atoms with Crippen molar-refractivity contribution in [3.8, 4) is 11.4 Å². The van der Waals surface area contributed by atoms with Crippen molar-refractivity contribution in [2.75, 3.05) is 43.2 Å². The Bertz CT molecular complexity index is 1350. The van der Waals surface area contributed by atoms with Gasteiger partial charge in [-0.05, 0) is 80.6 Å². The number of carbonyl (C=O) groups is 3. The van der Waals surface area contributed by atoms with Crippen LogP contribution < -0.4 is 14.5 Å². The van der Waals surface area contributed by atoms with E-state index in [1.165, 1.54) is 4.68 Å². The lowest BCUT2D eigenvalue weighted by Gasteiger charge is -2.29. The van der Waals surface area contributed by atoms with Crippen LogP contribution in [-0.4, -0.2) is 66.1 Å². The number of hydrogen-bond donors (Lipinski definition) is 1. The van der Waals surface area contributed by atoms with E-state index < -0.39 is 5.97 Å². The monoisotopic (exact) mass is 532 g/mol. The number of aromatic nitrogens is 2. The molecule has 0 saturated carbocycles. The second-order valence-electron chi connectivity index (χ2n) is 9.58. The summed E-state index contributed by atoms with van der Waals surface area (Å²) in [6.07, 6.45) is 3.93. The van der Waals surface area contributed by atoms with E-state index in [1.807, 2.05) is 24.3 Å². The summed E-state index contributed by atoms with van der Waals surface area (Å²) in [7, 11) is 1.57. The zero-order valence-corrected chi connectivity index (χ0v) is 22.0. The maximum atomic E-state index is 13.9. The van der Waals surface area contributed by atoms with Crippen molar-refractivity contribution >= 4 is 29.2 Å². The van der Waals surface area contributed by atoms with Crippen LogP contribution in [0.5, 0.6) is 5.75 Å². The molecule has 0 unspecified atom stereocenters. The van der Waals surface area contributed by atoms with Gasteiger partial charge in [0.05, 0.1) is 19.4 Å². The van der Waals surface area contributed by atoms with E-state index in [-0.39, 0.29) is 30.7 Å². The van der Waals surface area contributed by atoms with Gasteiger partial charge in [-0.2, -0.15) is 5.10 Å². The summed E-state index contributed by atoms with van der Waals surface area (Å²) in [4.78, 5) is 42.7. The highest BCUT2D eigenvalue weighted by molar-refractivity contribution is 6.09. The standard InChI is InChI=1S/C29H32N4O6/c1-38-23-13-11-22(12-14-23)33-27-24(26(30-33)29(37)39-19-5-4-18-34)15-17-32(28(27)36)21-9-7-20(8-10-21)31-16-3-2-6-25(31)35/h7-14,34H,2-6,15-19H2,1H3. The van der Waals surface area contributed by atoms with Gasteiger partial charge in [-0.15, -0.1) is 0 Å². The third-order valence-electron chi connectivity index (χ3n) is 7.11. The molecular weight excluding hydrogens is 500 g/mol. The Morgan fingerprint density at radius 3 is 2.26 bits per heavy atom. The van der Waals surface area contributed by atoms with Crippen molar-refractivity contribution in [3.63, 3.8) is 0 Å². The third-order valence-corrected chi connectivity index (χ3v) is 7.11. The number of aliphatic hydroxyl groups is 1. The molecule has 2 aliphatic rings. The lowest BCUT2D eigenvalue weighted by molar-refractivity contribution is -0.119. The Kier molecular flexibility index (Phi) is 7.92. The maximum Gasteiger partial charge on any atom is 0.359 e. The second kappa shape index (κ2) is 11.7. The van der Waals surface area contributed by atoms with E-state index in [1.54, 1.807) is 41.2 Å². The Morgan fingerprint density at radius 2 is 1.59 bits per heavy atom. The molecule has 2 amide bonds. The zero-order valence-electron chi connectivity index (χ0n) is 22.0. The molecule has 1 aromatic heterocycles. The molecule has 10 heteroatoms. The molecule has 39 heavy (non-hydrogen) atoms. The van der Waals surface area contributed by atoms with Crippen molar-refractivity contribution in [3.05, 3.63) is 65.5 Å². The van der Waals surface area contributed by atoms with Crippen molar-refractivity contribution in [2.24, 2.45) is 0 Å². The predicted octanol–water partition coefficient (Wildman–Crippen LogP) is 3.53. The molecule has 1 N–H and O–H groups in total. The number of benzene rings is 2. The van der Waals surface area contributed by atoms with Gasteiger partial charge in [0.25, 0.3) is 5.91 Å². The van der Waals surface area contributed by atoms with Gasteiger partial charge in [-0.3, -0.25) is 9.59 Å². The number of unbranched alkanes of at least 4 members (excludes halogenated alkanes) is 1. The van der Waals surface area contributed by atoms with Crippen LogP contribution in [0.15, 0.2) is 48.5 Å². The van der Waals surface area contributed by atoms with Gasteiger partial charge in [-0.1, -0.05) is 0 Å². The van der Waals surface area contributed by atoms with Crippen molar-refractivity contribution in [1.29, 1.82) is 0 Å². The highest BCUT2D eigenvalue weighted by Crippen LogP contribution is 2.31. The molecule has 2 aliphatic heterocycles. The van der Waals surface area contributed by atoms with Gasteiger partial charge in [0, 0.05) is 43.1 Å². The van der Waals surface area contributed by atoms with Crippen molar-refractivity contribution in [2.45, 2.75) is 38.5 Å². The Balaban J connectivity index is 1.46. The van der Waals surface area contributed by atoms with Crippen LogP contribution in [0.2, 0.25) is 0 Å². The predicted molar refractivity (Wildman–Crippen MR) is 145 cm³/mol. The minimum Gasteiger partial charge on any atom is -0.497 e.